The fourth-order valence-corrected chi connectivity index (χ4v) is 5.55. The number of nitrogens with zero attached hydrogens (tertiary/aromatic N) is 3. The molecule has 33 heavy (non-hydrogen) atoms. The summed E-state index contributed by atoms with van der Waals surface area (Å²) in [6, 6.07) is 24.6. The maximum atomic E-state index is 13.9. The predicted octanol–water partition coefficient (Wildman–Crippen LogP) is 7.89. The Hall–Kier alpha value is -3.57. The number of benzene rings is 3. The number of aromatic nitrogens is 3. The van der Waals surface area contributed by atoms with Crippen LogP contribution in [0.5, 0.6) is 0 Å². The summed E-state index contributed by atoms with van der Waals surface area (Å²) in [6.07, 6.45) is 1.28. The second-order valence-electron chi connectivity index (χ2n) is 9.35. The molecule has 0 aliphatic heterocycles. The second-order valence-corrected chi connectivity index (χ2v) is 10.3. The van der Waals surface area contributed by atoms with Crippen LogP contribution in [-0.4, -0.2) is 14.5 Å². The van der Waals surface area contributed by atoms with Crippen molar-refractivity contribution >= 4 is 42.7 Å². The highest BCUT2D eigenvalue weighted by Gasteiger charge is 2.20. The summed E-state index contributed by atoms with van der Waals surface area (Å²) < 4.78 is 17.2. The lowest BCUT2D eigenvalue weighted by molar-refractivity contribution is 0.590. The van der Waals surface area contributed by atoms with E-state index in [1.165, 1.54) is 11.8 Å². The summed E-state index contributed by atoms with van der Waals surface area (Å²) in [5.41, 5.74) is 5.45. The number of pyridine rings is 1. The molecule has 0 spiro atoms. The van der Waals surface area contributed by atoms with Crippen LogP contribution in [-0.2, 0) is 5.41 Å². The third-order valence-corrected chi connectivity index (χ3v) is 7.28. The normalized spacial score (nSPS) is 12.2. The lowest BCUT2D eigenvalue weighted by atomic mass is 9.87. The quantitative estimate of drug-likeness (QED) is 0.268. The molecule has 0 saturated heterocycles. The van der Waals surface area contributed by atoms with Crippen LogP contribution in [0.2, 0.25) is 0 Å². The molecular formula is C28H22FN3S. The monoisotopic (exact) mass is 451 g/mol. The largest absolute Gasteiger partial charge is 0.292 e. The lowest BCUT2D eigenvalue weighted by Crippen LogP contribution is -2.11. The minimum absolute atomic E-state index is 0.0866. The van der Waals surface area contributed by atoms with Crippen LogP contribution in [0.25, 0.3) is 48.4 Å². The van der Waals surface area contributed by atoms with E-state index >= 15 is 0 Å². The standard InChI is InChI=1S/C28H22FN3S/c1-28(2,3)17-11-13-19(14-12-17)32-24-10-5-4-9-23(24)31-26(32)21-8-6-7-20-22-15-18(29)16-30-27(22)33-25(20)21/h4-16H,1-3H3. The highest BCUT2D eigenvalue weighted by molar-refractivity contribution is 7.26. The van der Waals surface area contributed by atoms with Crippen molar-refractivity contribution in [3.63, 3.8) is 0 Å². The summed E-state index contributed by atoms with van der Waals surface area (Å²) in [6.45, 7) is 6.66. The smallest absolute Gasteiger partial charge is 0.147 e. The van der Waals surface area contributed by atoms with Crippen molar-refractivity contribution < 1.29 is 4.39 Å². The zero-order chi connectivity index (χ0) is 22.7. The van der Waals surface area contributed by atoms with Gasteiger partial charge in [-0.05, 0) is 47.4 Å². The molecular weight excluding hydrogens is 429 g/mol. The molecule has 3 aromatic carbocycles. The predicted molar refractivity (Wildman–Crippen MR) is 136 cm³/mol. The average molecular weight is 452 g/mol. The molecule has 0 unspecified atom stereocenters. The van der Waals surface area contributed by atoms with Gasteiger partial charge in [-0.3, -0.25) is 4.57 Å². The van der Waals surface area contributed by atoms with Gasteiger partial charge in [0.05, 0.1) is 17.2 Å². The van der Waals surface area contributed by atoms with Crippen molar-refractivity contribution in [2.75, 3.05) is 0 Å². The van der Waals surface area contributed by atoms with E-state index in [-0.39, 0.29) is 11.2 Å². The molecule has 0 radical (unpaired) electrons. The van der Waals surface area contributed by atoms with Crippen LogP contribution in [0.3, 0.4) is 0 Å². The van der Waals surface area contributed by atoms with Crippen LogP contribution in [0.1, 0.15) is 26.3 Å². The maximum absolute atomic E-state index is 13.9. The number of para-hydroxylation sites is 2. The average Bonchev–Trinajstić information content (AvgIpc) is 3.37. The van der Waals surface area contributed by atoms with Crippen LogP contribution in [0.15, 0.2) is 79.0 Å². The minimum Gasteiger partial charge on any atom is -0.292 e. The Morgan fingerprint density at radius 2 is 1.67 bits per heavy atom. The Morgan fingerprint density at radius 1 is 0.879 bits per heavy atom. The first-order chi connectivity index (χ1) is 15.9. The van der Waals surface area contributed by atoms with Crippen molar-refractivity contribution in [1.82, 2.24) is 14.5 Å². The molecule has 0 fully saturated rings. The molecule has 0 saturated carbocycles. The third-order valence-electron chi connectivity index (χ3n) is 6.11. The summed E-state index contributed by atoms with van der Waals surface area (Å²) in [7, 11) is 0. The van der Waals surface area contributed by atoms with Gasteiger partial charge in [-0.1, -0.05) is 57.2 Å². The van der Waals surface area contributed by atoms with Gasteiger partial charge in [0.15, 0.2) is 0 Å². The van der Waals surface area contributed by atoms with E-state index in [4.69, 9.17) is 4.98 Å². The topological polar surface area (TPSA) is 30.7 Å². The fourth-order valence-electron chi connectivity index (χ4n) is 4.41. The Labute approximate surface area is 195 Å². The van der Waals surface area contributed by atoms with E-state index in [1.807, 2.05) is 30.3 Å². The molecule has 0 amide bonds. The number of hydrogen-bond acceptors (Lipinski definition) is 3. The summed E-state index contributed by atoms with van der Waals surface area (Å²) in [5, 5.41) is 1.84. The van der Waals surface area contributed by atoms with Gasteiger partial charge >= 0.3 is 0 Å². The highest BCUT2D eigenvalue weighted by Crippen LogP contribution is 2.40. The van der Waals surface area contributed by atoms with Crippen LogP contribution in [0.4, 0.5) is 4.39 Å². The van der Waals surface area contributed by atoms with E-state index in [9.17, 15) is 4.39 Å². The van der Waals surface area contributed by atoms with Gasteiger partial charge in [0.2, 0.25) is 0 Å². The SMILES string of the molecule is CC(C)(C)c1ccc(-n2c(-c3cccc4c3sc3ncc(F)cc34)nc3ccccc32)cc1. The van der Waals surface area contributed by atoms with Gasteiger partial charge in [-0.15, -0.1) is 11.3 Å². The molecule has 3 aromatic heterocycles. The van der Waals surface area contributed by atoms with Crippen molar-refractivity contribution in [2.45, 2.75) is 26.2 Å². The molecule has 0 bridgehead atoms. The molecule has 0 aliphatic rings. The van der Waals surface area contributed by atoms with Crippen LogP contribution >= 0.6 is 11.3 Å². The van der Waals surface area contributed by atoms with Gasteiger partial charge in [-0.25, -0.2) is 14.4 Å². The summed E-state index contributed by atoms with van der Waals surface area (Å²) in [4.78, 5) is 10.2. The Kier molecular flexibility index (Phi) is 4.39. The van der Waals surface area contributed by atoms with E-state index in [0.29, 0.717) is 0 Å². The summed E-state index contributed by atoms with van der Waals surface area (Å²) in [5.74, 6) is 0.552. The third kappa shape index (κ3) is 3.23. The number of rotatable bonds is 2. The molecule has 0 N–H and O–H groups in total. The number of halogens is 1. The van der Waals surface area contributed by atoms with Gasteiger partial charge in [-0.2, -0.15) is 0 Å². The van der Waals surface area contributed by atoms with Crippen molar-refractivity contribution in [3.8, 4) is 17.1 Å². The molecule has 0 atom stereocenters. The molecule has 5 heteroatoms. The molecule has 162 valence electrons. The Morgan fingerprint density at radius 3 is 2.45 bits per heavy atom. The van der Waals surface area contributed by atoms with Crippen molar-refractivity contribution in [3.05, 3.63) is 90.4 Å². The van der Waals surface area contributed by atoms with E-state index in [0.717, 1.165) is 48.4 Å². The molecule has 6 rings (SSSR count). The van der Waals surface area contributed by atoms with Gasteiger partial charge in [0, 0.05) is 26.7 Å². The molecule has 3 heterocycles. The van der Waals surface area contributed by atoms with Crippen LogP contribution in [0, 0.1) is 5.82 Å². The Balaban J connectivity index is 1.64. The number of hydrogen-bond donors (Lipinski definition) is 0. The van der Waals surface area contributed by atoms with Crippen molar-refractivity contribution in [1.29, 1.82) is 0 Å². The van der Waals surface area contributed by atoms with Gasteiger partial charge in [0.25, 0.3) is 0 Å². The van der Waals surface area contributed by atoms with Crippen molar-refractivity contribution in [2.24, 2.45) is 0 Å². The minimum atomic E-state index is -0.321. The highest BCUT2D eigenvalue weighted by atomic mass is 32.1. The van der Waals surface area contributed by atoms with E-state index < -0.39 is 0 Å². The number of thiophene rings is 1. The molecule has 3 nitrogen and oxygen atoms in total. The van der Waals surface area contributed by atoms with Gasteiger partial charge < -0.3 is 0 Å². The lowest BCUT2D eigenvalue weighted by Gasteiger charge is -2.19. The van der Waals surface area contributed by atoms with E-state index in [1.54, 1.807) is 17.4 Å². The van der Waals surface area contributed by atoms with Crippen LogP contribution < -0.4 is 0 Å². The van der Waals surface area contributed by atoms with Gasteiger partial charge in [0.1, 0.15) is 16.5 Å². The fraction of sp³-hybridized carbons (Fsp3) is 0.143. The second kappa shape index (κ2) is 7.22. The number of imidazole rings is 1. The maximum Gasteiger partial charge on any atom is 0.147 e. The first kappa shape index (κ1) is 20.1. The first-order valence-corrected chi connectivity index (χ1v) is 11.8. The Bertz CT molecular complexity index is 1650. The molecule has 6 aromatic rings. The summed E-state index contributed by atoms with van der Waals surface area (Å²) >= 11 is 1.58. The zero-order valence-corrected chi connectivity index (χ0v) is 19.4. The first-order valence-electron chi connectivity index (χ1n) is 11.0. The zero-order valence-electron chi connectivity index (χ0n) is 18.6. The van der Waals surface area contributed by atoms with E-state index in [2.05, 4.69) is 66.7 Å². The number of fused-ring (bicyclic) bond motifs is 4. The molecule has 0 aliphatic carbocycles.